The third-order valence-corrected chi connectivity index (χ3v) is 4.78. The maximum Gasteiger partial charge on any atom is 0.238 e. The molecule has 0 aliphatic rings. The minimum Gasteiger partial charge on any atom is -0.493 e. The highest BCUT2D eigenvalue weighted by Crippen LogP contribution is 2.27. The fourth-order valence-corrected chi connectivity index (χ4v) is 2.91. The Morgan fingerprint density at radius 1 is 1.04 bits per heavy atom. The SMILES string of the molecule is COc1ccc(CN=C(N)NCCc2ccc(S(N)(=O)=O)cc2)cc1OC. The molecule has 0 saturated carbocycles. The molecule has 2 aromatic carbocycles. The summed E-state index contributed by atoms with van der Waals surface area (Å²) in [4.78, 5) is 4.39. The third kappa shape index (κ3) is 6.15. The number of methoxy groups -OCH3 is 2. The molecule has 2 aromatic rings. The molecule has 0 spiro atoms. The molecular weight excluding hydrogens is 368 g/mol. The number of sulfonamides is 1. The van der Waals surface area contributed by atoms with Gasteiger partial charge in [0.25, 0.3) is 0 Å². The van der Waals surface area contributed by atoms with Gasteiger partial charge < -0.3 is 20.5 Å². The summed E-state index contributed by atoms with van der Waals surface area (Å²) >= 11 is 0. The van der Waals surface area contributed by atoms with Crippen molar-refractivity contribution in [1.29, 1.82) is 0 Å². The van der Waals surface area contributed by atoms with Gasteiger partial charge in [-0.15, -0.1) is 0 Å². The number of nitrogens with two attached hydrogens (primary N) is 2. The number of nitrogens with zero attached hydrogens (tertiary/aromatic N) is 1. The molecule has 0 atom stereocenters. The van der Waals surface area contributed by atoms with Crippen molar-refractivity contribution >= 4 is 16.0 Å². The molecule has 0 amide bonds. The number of nitrogens with one attached hydrogen (secondary N) is 1. The normalized spacial score (nSPS) is 11.9. The van der Waals surface area contributed by atoms with E-state index in [1.807, 2.05) is 18.2 Å². The number of rotatable bonds is 8. The number of aliphatic imine (C=N–C) groups is 1. The molecule has 0 aliphatic carbocycles. The lowest BCUT2D eigenvalue weighted by atomic mass is 10.1. The zero-order valence-corrected chi connectivity index (χ0v) is 16.1. The summed E-state index contributed by atoms with van der Waals surface area (Å²) < 4.78 is 32.9. The molecule has 146 valence electrons. The van der Waals surface area contributed by atoms with Crippen molar-refractivity contribution in [2.75, 3.05) is 20.8 Å². The van der Waals surface area contributed by atoms with E-state index in [9.17, 15) is 8.42 Å². The standard InChI is InChI=1S/C18H24N4O4S/c1-25-16-8-5-14(11-17(16)26-2)12-22-18(19)21-10-9-13-3-6-15(7-4-13)27(20,23)24/h3-8,11H,9-10,12H2,1-2H3,(H3,19,21,22)(H2,20,23,24). The van der Waals surface area contributed by atoms with Gasteiger partial charge in [-0.05, 0) is 41.8 Å². The van der Waals surface area contributed by atoms with E-state index in [0.717, 1.165) is 11.1 Å². The fourth-order valence-electron chi connectivity index (χ4n) is 2.39. The highest BCUT2D eigenvalue weighted by atomic mass is 32.2. The Bertz CT molecular complexity index is 896. The fraction of sp³-hybridized carbons (Fsp3) is 0.278. The second kappa shape index (κ2) is 9.24. The zero-order valence-electron chi connectivity index (χ0n) is 15.3. The van der Waals surface area contributed by atoms with Gasteiger partial charge in [0.15, 0.2) is 17.5 Å². The smallest absolute Gasteiger partial charge is 0.238 e. The number of hydrogen-bond donors (Lipinski definition) is 3. The second-order valence-corrected chi connectivity index (χ2v) is 7.32. The molecule has 0 saturated heterocycles. The summed E-state index contributed by atoms with van der Waals surface area (Å²) in [7, 11) is -0.505. The average Bonchev–Trinajstić information content (AvgIpc) is 2.65. The van der Waals surface area contributed by atoms with E-state index >= 15 is 0 Å². The van der Waals surface area contributed by atoms with Gasteiger partial charge in [-0.2, -0.15) is 0 Å². The monoisotopic (exact) mass is 392 g/mol. The van der Waals surface area contributed by atoms with E-state index in [-0.39, 0.29) is 4.90 Å². The van der Waals surface area contributed by atoms with Crippen LogP contribution in [0.5, 0.6) is 11.5 Å². The van der Waals surface area contributed by atoms with Crippen LogP contribution in [0, 0.1) is 0 Å². The van der Waals surface area contributed by atoms with Crippen LogP contribution < -0.4 is 25.7 Å². The Morgan fingerprint density at radius 2 is 1.67 bits per heavy atom. The van der Waals surface area contributed by atoms with Crippen molar-refractivity contribution in [1.82, 2.24) is 5.32 Å². The van der Waals surface area contributed by atoms with E-state index in [2.05, 4.69) is 10.3 Å². The molecule has 8 nitrogen and oxygen atoms in total. The molecule has 0 radical (unpaired) electrons. The first kappa shape index (κ1) is 20.5. The van der Waals surface area contributed by atoms with Crippen LogP contribution in [-0.4, -0.2) is 35.1 Å². The Kier molecular flexibility index (Phi) is 7.03. The maximum absolute atomic E-state index is 11.2. The Labute approximate surface area is 159 Å². The summed E-state index contributed by atoms with van der Waals surface area (Å²) in [5, 5.41) is 8.10. The molecule has 0 aromatic heterocycles. The molecule has 0 aliphatic heterocycles. The first-order valence-corrected chi connectivity index (χ1v) is 9.74. The van der Waals surface area contributed by atoms with E-state index in [4.69, 9.17) is 20.3 Å². The summed E-state index contributed by atoms with van der Waals surface area (Å²) in [6.45, 7) is 0.970. The van der Waals surface area contributed by atoms with Crippen LogP contribution in [0.3, 0.4) is 0 Å². The van der Waals surface area contributed by atoms with E-state index in [1.54, 1.807) is 26.4 Å². The van der Waals surface area contributed by atoms with E-state index in [0.29, 0.717) is 37.0 Å². The molecule has 0 bridgehead atoms. The van der Waals surface area contributed by atoms with Crippen LogP contribution in [-0.2, 0) is 23.0 Å². The predicted molar refractivity (Wildman–Crippen MR) is 104 cm³/mol. The maximum atomic E-state index is 11.2. The van der Waals surface area contributed by atoms with Crippen LogP contribution >= 0.6 is 0 Å². The lowest BCUT2D eigenvalue weighted by Gasteiger charge is -2.09. The first-order chi connectivity index (χ1) is 12.8. The van der Waals surface area contributed by atoms with Gasteiger partial charge >= 0.3 is 0 Å². The highest BCUT2D eigenvalue weighted by molar-refractivity contribution is 7.89. The van der Waals surface area contributed by atoms with Gasteiger partial charge in [0, 0.05) is 6.54 Å². The molecule has 0 fully saturated rings. The molecular formula is C18H24N4O4S. The molecule has 27 heavy (non-hydrogen) atoms. The van der Waals surface area contributed by atoms with Crippen LogP contribution in [0.25, 0.3) is 0 Å². The van der Waals surface area contributed by atoms with Gasteiger partial charge in [0.2, 0.25) is 10.0 Å². The number of ether oxygens (including phenoxy) is 2. The van der Waals surface area contributed by atoms with Crippen LogP contribution in [0.2, 0.25) is 0 Å². The van der Waals surface area contributed by atoms with Gasteiger partial charge in [-0.3, -0.25) is 0 Å². The van der Waals surface area contributed by atoms with Gasteiger partial charge in [-0.25, -0.2) is 18.5 Å². The number of benzene rings is 2. The second-order valence-electron chi connectivity index (χ2n) is 5.76. The van der Waals surface area contributed by atoms with Crippen molar-refractivity contribution in [3.05, 3.63) is 53.6 Å². The lowest BCUT2D eigenvalue weighted by Crippen LogP contribution is -2.33. The quantitative estimate of drug-likeness (QED) is 0.454. The van der Waals surface area contributed by atoms with Crippen LogP contribution in [0.1, 0.15) is 11.1 Å². The minimum atomic E-state index is -3.67. The zero-order chi connectivity index (χ0) is 19.9. The highest BCUT2D eigenvalue weighted by Gasteiger charge is 2.07. The van der Waals surface area contributed by atoms with Crippen molar-refractivity contribution in [3.63, 3.8) is 0 Å². The number of primary sulfonamides is 1. The number of guanidine groups is 1. The Balaban J connectivity index is 1.86. The average molecular weight is 392 g/mol. The molecule has 5 N–H and O–H groups in total. The summed E-state index contributed by atoms with van der Waals surface area (Å²) in [6, 6.07) is 12.0. The Hall–Kier alpha value is -2.78. The summed E-state index contributed by atoms with van der Waals surface area (Å²) in [5.74, 6) is 1.62. The largest absolute Gasteiger partial charge is 0.493 e. The first-order valence-electron chi connectivity index (χ1n) is 8.20. The van der Waals surface area contributed by atoms with E-state index in [1.165, 1.54) is 12.1 Å². The lowest BCUT2D eigenvalue weighted by molar-refractivity contribution is 0.354. The van der Waals surface area contributed by atoms with Crippen molar-refractivity contribution in [2.24, 2.45) is 15.9 Å². The van der Waals surface area contributed by atoms with Crippen molar-refractivity contribution in [2.45, 2.75) is 17.9 Å². The van der Waals surface area contributed by atoms with Crippen LogP contribution in [0.4, 0.5) is 0 Å². The summed E-state index contributed by atoms with van der Waals surface area (Å²) in [6.07, 6.45) is 0.664. The predicted octanol–water partition coefficient (Wildman–Crippen LogP) is 0.998. The van der Waals surface area contributed by atoms with Crippen molar-refractivity contribution in [3.8, 4) is 11.5 Å². The topological polar surface area (TPSA) is 129 Å². The Morgan fingerprint density at radius 3 is 2.26 bits per heavy atom. The van der Waals surface area contributed by atoms with Crippen LogP contribution in [0.15, 0.2) is 52.4 Å². The van der Waals surface area contributed by atoms with Crippen molar-refractivity contribution < 1.29 is 17.9 Å². The summed E-state index contributed by atoms with van der Waals surface area (Å²) in [5.41, 5.74) is 7.78. The molecule has 0 unspecified atom stereocenters. The third-order valence-electron chi connectivity index (χ3n) is 3.85. The molecule has 2 rings (SSSR count). The molecule has 9 heteroatoms. The number of hydrogen-bond acceptors (Lipinski definition) is 5. The van der Waals surface area contributed by atoms with Gasteiger partial charge in [0.1, 0.15) is 0 Å². The van der Waals surface area contributed by atoms with Gasteiger partial charge in [-0.1, -0.05) is 18.2 Å². The van der Waals surface area contributed by atoms with Gasteiger partial charge in [0.05, 0.1) is 25.7 Å². The minimum absolute atomic E-state index is 0.0928. The van der Waals surface area contributed by atoms with E-state index < -0.39 is 10.0 Å². The molecule has 0 heterocycles.